The molecule has 27 heavy (non-hydrogen) atoms. The molecule has 1 aliphatic carbocycles. The molecule has 0 atom stereocenters. The van der Waals surface area contributed by atoms with E-state index in [9.17, 15) is 4.79 Å². The van der Waals surface area contributed by atoms with Crippen molar-refractivity contribution in [1.82, 2.24) is 14.9 Å². The maximum Gasteiger partial charge on any atom is 0.262 e. The minimum Gasteiger partial charge on any atom is -0.487 e. The molecule has 0 unspecified atom stereocenters. The molecule has 0 spiro atoms. The molecule has 0 amide bonds. The molecule has 0 saturated carbocycles. The van der Waals surface area contributed by atoms with E-state index >= 15 is 0 Å². The second-order valence-electron chi connectivity index (χ2n) is 7.84. The highest BCUT2D eigenvalue weighted by Gasteiger charge is 2.37. The Bertz CT molecular complexity index is 1050. The quantitative estimate of drug-likeness (QED) is 0.868. The Balaban J connectivity index is 1.48. The second kappa shape index (κ2) is 6.02. The van der Waals surface area contributed by atoms with Crippen LogP contribution < -0.4 is 10.9 Å². The van der Waals surface area contributed by atoms with Gasteiger partial charge in [-0.25, -0.2) is 4.98 Å². The SMILES string of the molecule is CC1(C)CNC2=C(CC3=C(S2)c2c(ncn(Cc4ccccc4)c2=O)C3)O1. The number of fused-ring (bicyclic) bond motifs is 2. The monoisotopic (exact) mass is 379 g/mol. The Morgan fingerprint density at radius 3 is 2.89 bits per heavy atom. The standard InChI is InChI=1S/C21H21N3O2S/c1-21(2)11-22-19-16(26-21)9-14-8-15-17(18(14)27-19)20(25)24(12-23-15)10-13-6-4-3-5-7-13/h3-7,12,22H,8-11H2,1-2H3. The third-order valence-electron chi connectivity index (χ3n) is 5.15. The van der Waals surface area contributed by atoms with Gasteiger partial charge in [0.25, 0.3) is 5.56 Å². The number of nitrogens with one attached hydrogen (secondary N) is 1. The first-order valence-corrected chi connectivity index (χ1v) is 10.0. The Kier molecular flexibility index (Phi) is 3.72. The zero-order valence-corrected chi connectivity index (χ0v) is 16.2. The van der Waals surface area contributed by atoms with E-state index in [1.807, 2.05) is 30.3 Å². The predicted octanol–water partition coefficient (Wildman–Crippen LogP) is 3.26. The van der Waals surface area contributed by atoms with Crippen molar-refractivity contribution in [3.63, 3.8) is 0 Å². The largest absolute Gasteiger partial charge is 0.487 e. The summed E-state index contributed by atoms with van der Waals surface area (Å²) >= 11 is 1.63. The number of allylic oxidation sites excluding steroid dienone is 1. The number of nitrogens with zero attached hydrogens (tertiary/aromatic N) is 2. The number of ether oxygens (including phenoxy) is 1. The molecule has 0 fully saturated rings. The summed E-state index contributed by atoms with van der Waals surface area (Å²) in [5, 5.41) is 4.52. The lowest BCUT2D eigenvalue weighted by atomic mass is 10.1. The van der Waals surface area contributed by atoms with Crippen molar-refractivity contribution in [3.8, 4) is 0 Å². The fourth-order valence-electron chi connectivity index (χ4n) is 3.82. The third-order valence-corrected chi connectivity index (χ3v) is 6.42. The summed E-state index contributed by atoms with van der Waals surface area (Å²) in [6.07, 6.45) is 3.17. The molecule has 138 valence electrons. The molecule has 2 aromatic rings. The molecule has 1 aromatic heterocycles. The van der Waals surface area contributed by atoms with Gasteiger partial charge in [-0.15, -0.1) is 0 Å². The van der Waals surface area contributed by atoms with E-state index in [1.54, 1.807) is 22.7 Å². The normalized spacial score (nSPS) is 19.8. The number of aromatic nitrogens is 2. The fourth-order valence-corrected chi connectivity index (χ4v) is 4.99. The Hall–Kier alpha value is -2.47. The van der Waals surface area contributed by atoms with Gasteiger partial charge in [0.2, 0.25) is 0 Å². The van der Waals surface area contributed by atoms with Crippen LogP contribution in [0.5, 0.6) is 0 Å². The summed E-state index contributed by atoms with van der Waals surface area (Å²) in [7, 11) is 0. The highest BCUT2D eigenvalue weighted by atomic mass is 32.2. The Labute approximate surface area is 162 Å². The van der Waals surface area contributed by atoms with Crippen molar-refractivity contribution in [2.45, 2.75) is 38.8 Å². The average molecular weight is 379 g/mol. The third kappa shape index (κ3) is 2.88. The van der Waals surface area contributed by atoms with E-state index in [1.165, 1.54) is 5.57 Å². The van der Waals surface area contributed by atoms with E-state index in [0.29, 0.717) is 6.54 Å². The van der Waals surface area contributed by atoms with Gasteiger partial charge >= 0.3 is 0 Å². The summed E-state index contributed by atoms with van der Waals surface area (Å²) in [6, 6.07) is 10.0. The van der Waals surface area contributed by atoms with Crippen LogP contribution in [-0.2, 0) is 17.7 Å². The van der Waals surface area contributed by atoms with Gasteiger partial charge in [-0.2, -0.15) is 0 Å². The fraction of sp³-hybridized carbons (Fsp3) is 0.333. The van der Waals surface area contributed by atoms with E-state index < -0.39 is 0 Å². The second-order valence-corrected chi connectivity index (χ2v) is 8.86. The zero-order chi connectivity index (χ0) is 18.6. The lowest BCUT2D eigenvalue weighted by molar-refractivity contribution is 0.0202. The van der Waals surface area contributed by atoms with Crippen molar-refractivity contribution in [2.24, 2.45) is 0 Å². The highest BCUT2D eigenvalue weighted by molar-refractivity contribution is 8.11. The van der Waals surface area contributed by atoms with E-state index in [2.05, 4.69) is 24.1 Å². The highest BCUT2D eigenvalue weighted by Crippen LogP contribution is 2.49. The molecule has 3 aliphatic rings. The summed E-state index contributed by atoms with van der Waals surface area (Å²) in [6.45, 7) is 5.48. The van der Waals surface area contributed by atoms with Crippen LogP contribution in [0.2, 0.25) is 0 Å². The molecular weight excluding hydrogens is 358 g/mol. The van der Waals surface area contributed by atoms with E-state index in [-0.39, 0.29) is 11.2 Å². The number of thioether (sulfide) groups is 1. The summed E-state index contributed by atoms with van der Waals surface area (Å²) < 4.78 is 7.89. The number of hydrogen-bond donors (Lipinski definition) is 1. The van der Waals surface area contributed by atoms with Crippen LogP contribution in [0.15, 0.2) is 57.8 Å². The molecule has 5 nitrogen and oxygen atoms in total. The summed E-state index contributed by atoms with van der Waals surface area (Å²) in [5.74, 6) is 0.993. The van der Waals surface area contributed by atoms with Crippen molar-refractivity contribution >= 4 is 16.7 Å². The van der Waals surface area contributed by atoms with Gasteiger partial charge in [-0.3, -0.25) is 9.36 Å². The lowest BCUT2D eigenvalue weighted by Gasteiger charge is -2.37. The number of benzene rings is 1. The van der Waals surface area contributed by atoms with Gasteiger partial charge in [0.1, 0.15) is 16.4 Å². The van der Waals surface area contributed by atoms with Crippen LogP contribution in [-0.4, -0.2) is 21.7 Å². The van der Waals surface area contributed by atoms with Crippen LogP contribution in [0.3, 0.4) is 0 Å². The zero-order valence-electron chi connectivity index (χ0n) is 15.4. The predicted molar refractivity (Wildman–Crippen MR) is 107 cm³/mol. The first-order chi connectivity index (χ1) is 13.0. The Morgan fingerprint density at radius 1 is 1.26 bits per heavy atom. The van der Waals surface area contributed by atoms with Crippen molar-refractivity contribution in [1.29, 1.82) is 0 Å². The molecule has 0 bridgehead atoms. The minimum atomic E-state index is -0.205. The van der Waals surface area contributed by atoms with Gasteiger partial charge in [0.15, 0.2) is 0 Å². The maximum absolute atomic E-state index is 13.2. The van der Waals surface area contributed by atoms with Crippen molar-refractivity contribution in [3.05, 3.63) is 80.2 Å². The van der Waals surface area contributed by atoms with Crippen LogP contribution in [0.1, 0.15) is 37.1 Å². The average Bonchev–Trinajstić information content (AvgIpc) is 3.00. The van der Waals surface area contributed by atoms with E-state index in [4.69, 9.17) is 4.74 Å². The van der Waals surface area contributed by atoms with Crippen molar-refractivity contribution < 1.29 is 4.74 Å². The molecule has 1 N–H and O–H groups in total. The molecule has 2 aliphatic heterocycles. The first-order valence-electron chi connectivity index (χ1n) is 9.19. The van der Waals surface area contributed by atoms with Crippen LogP contribution >= 0.6 is 11.8 Å². The van der Waals surface area contributed by atoms with E-state index in [0.717, 1.165) is 51.9 Å². The van der Waals surface area contributed by atoms with Gasteiger partial charge in [0, 0.05) is 17.7 Å². The van der Waals surface area contributed by atoms with Gasteiger partial charge < -0.3 is 10.1 Å². The summed E-state index contributed by atoms with van der Waals surface area (Å²) in [4.78, 5) is 18.9. The number of rotatable bonds is 2. The van der Waals surface area contributed by atoms with Crippen LogP contribution in [0, 0.1) is 0 Å². The molecular formula is C21H21N3O2S. The number of hydrogen-bond acceptors (Lipinski definition) is 5. The molecule has 6 heteroatoms. The lowest BCUT2D eigenvalue weighted by Crippen LogP contribution is -2.42. The topological polar surface area (TPSA) is 56.2 Å². The molecule has 5 rings (SSSR count). The minimum absolute atomic E-state index is 0.0439. The maximum atomic E-state index is 13.2. The molecule has 1 aromatic carbocycles. The van der Waals surface area contributed by atoms with Gasteiger partial charge in [0.05, 0.1) is 30.7 Å². The van der Waals surface area contributed by atoms with Crippen molar-refractivity contribution in [2.75, 3.05) is 6.54 Å². The Morgan fingerprint density at radius 2 is 2.07 bits per heavy atom. The first kappa shape index (κ1) is 16.7. The smallest absolute Gasteiger partial charge is 0.262 e. The molecule has 0 radical (unpaired) electrons. The van der Waals surface area contributed by atoms with Crippen LogP contribution in [0.25, 0.3) is 4.91 Å². The molecule has 3 heterocycles. The molecule has 0 saturated heterocycles. The van der Waals surface area contributed by atoms with Crippen LogP contribution in [0.4, 0.5) is 0 Å². The summed E-state index contributed by atoms with van der Waals surface area (Å²) in [5.41, 5.74) is 3.84. The van der Waals surface area contributed by atoms with Gasteiger partial charge in [-0.1, -0.05) is 42.1 Å². The van der Waals surface area contributed by atoms with Gasteiger partial charge in [-0.05, 0) is 25.0 Å².